The second kappa shape index (κ2) is 3.54. The van der Waals surface area contributed by atoms with E-state index >= 15 is 0 Å². The van der Waals surface area contributed by atoms with Gasteiger partial charge in [-0.3, -0.25) is 4.79 Å². The summed E-state index contributed by atoms with van der Waals surface area (Å²) >= 11 is 5.26. The smallest absolute Gasteiger partial charge is 0.245 e. The first-order valence-electron chi connectivity index (χ1n) is 4.35. The van der Waals surface area contributed by atoms with Gasteiger partial charge in [-0.1, -0.05) is 6.07 Å². The molecule has 0 heterocycles. The van der Waals surface area contributed by atoms with Crippen LogP contribution in [0.3, 0.4) is 0 Å². The van der Waals surface area contributed by atoms with Crippen LogP contribution in [0.15, 0.2) is 24.3 Å². The summed E-state index contributed by atoms with van der Waals surface area (Å²) in [6.07, 6.45) is 2.98. The van der Waals surface area contributed by atoms with Crippen LogP contribution in [0, 0.1) is 5.82 Å². The van der Waals surface area contributed by atoms with Crippen LogP contribution >= 0.6 is 11.6 Å². The van der Waals surface area contributed by atoms with Gasteiger partial charge in [0.2, 0.25) is 5.24 Å². The topological polar surface area (TPSA) is 17.1 Å². The number of rotatable bonds is 1. The Kier molecular flexibility index (Phi) is 2.38. The minimum atomic E-state index is -0.503. The Morgan fingerprint density at radius 1 is 1.43 bits per heavy atom. The zero-order valence-electron chi connectivity index (χ0n) is 7.39. The van der Waals surface area contributed by atoms with Crippen LogP contribution in [0.5, 0.6) is 0 Å². The maximum absolute atomic E-state index is 12.9. The molecule has 0 bridgehead atoms. The van der Waals surface area contributed by atoms with Gasteiger partial charge in [0.25, 0.3) is 0 Å². The molecule has 1 aliphatic rings. The van der Waals surface area contributed by atoms with E-state index in [1.807, 2.05) is 0 Å². The predicted molar refractivity (Wildman–Crippen MR) is 53.6 cm³/mol. The van der Waals surface area contributed by atoms with E-state index in [9.17, 15) is 9.18 Å². The maximum Gasteiger partial charge on any atom is 0.245 e. The minimum Gasteiger partial charge on any atom is -0.276 e. The Labute approximate surface area is 86.2 Å². The first-order valence-corrected chi connectivity index (χ1v) is 4.73. The Bertz CT molecular complexity index is 423. The van der Waals surface area contributed by atoms with Crippen LogP contribution in [-0.2, 0) is 11.2 Å². The Hall–Kier alpha value is -1.15. The third-order valence-electron chi connectivity index (χ3n) is 2.37. The summed E-state index contributed by atoms with van der Waals surface area (Å²) in [6.45, 7) is 0. The molecule has 2 rings (SSSR count). The first-order chi connectivity index (χ1) is 6.66. The SMILES string of the molecule is O=C(Cl)/C=C1/CCc2ccc(F)cc21. The quantitative estimate of drug-likeness (QED) is 0.515. The molecule has 14 heavy (non-hydrogen) atoms. The Morgan fingerprint density at radius 3 is 2.93 bits per heavy atom. The molecule has 72 valence electrons. The number of hydrogen-bond donors (Lipinski definition) is 0. The number of benzene rings is 1. The van der Waals surface area contributed by atoms with E-state index < -0.39 is 5.24 Å². The minimum absolute atomic E-state index is 0.279. The van der Waals surface area contributed by atoms with Crippen molar-refractivity contribution in [2.24, 2.45) is 0 Å². The van der Waals surface area contributed by atoms with Crippen LogP contribution in [-0.4, -0.2) is 5.24 Å². The number of allylic oxidation sites excluding steroid dienone is 2. The molecule has 0 saturated carbocycles. The molecule has 0 radical (unpaired) electrons. The molecule has 0 aromatic heterocycles. The largest absolute Gasteiger partial charge is 0.276 e. The first kappa shape index (κ1) is 9.41. The standard InChI is InChI=1S/C11H8ClFO/c12-11(14)5-8-2-1-7-3-4-9(13)6-10(7)8/h3-6H,1-2H2/b8-5-. The van der Waals surface area contributed by atoms with E-state index in [4.69, 9.17) is 11.6 Å². The second-order valence-electron chi connectivity index (χ2n) is 3.28. The average Bonchev–Trinajstić information content (AvgIpc) is 2.47. The highest BCUT2D eigenvalue weighted by Crippen LogP contribution is 2.32. The number of hydrogen-bond acceptors (Lipinski definition) is 1. The third-order valence-corrected chi connectivity index (χ3v) is 2.48. The van der Waals surface area contributed by atoms with Crippen LogP contribution in [0.2, 0.25) is 0 Å². The van der Waals surface area contributed by atoms with Gasteiger partial charge in [0, 0.05) is 6.08 Å². The van der Waals surface area contributed by atoms with Crippen LogP contribution in [0.1, 0.15) is 17.5 Å². The molecular formula is C11H8ClFO. The normalized spacial score (nSPS) is 17.1. The zero-order chi connectivity index (χ0) is 10.1. The number of halogens is 2. The highest BCUT2D eigenvalue weighted by molar-refractivity contribution is 6.67. The van der Waals surface area contributed by atoms with Gasteiger partial charge in [0.05, 0.1) is 0 Å². The molecule has 1 nitrogen and oxygen atoms in total. The van der Waals surface area contributed by atoms with Gasteiger partial charge in [0.15, 0.2) is 0 Å². The summed E-state index contributed by atoms with van der Waals surface area (Å²) in [5, 5.41) is -0.503. The lowest BCUT2D eigenvalue weighted by Crippen LogP contribution is -1.85. The van der Waals surface area contributed by atoms with E-state index in [0.29, 0.717) is 0 Å². The van der Waals surface area contributed by atoms with E-state index in [2.05, 4.69) is 0 Å². The molecule has 1 aliphatic carbocycles. The second-order valence-corrected chi connectivity index (χ2v) is 3.65. The van der Waals surface area contributed by atoms with Crippen molar-refractivity contribution in [3.05, 3.63) is 41.2 Å². The molecule has 0 fully saturated rings. The molecule has 0 atom stereocenters. The highest BCUT2D eigenvalue weighted by atomic mass is 35.5. The fourth-order valence-corrected chi connectivity index (χ4v) is 1.89. The summed E-state index contributed by atoms with van der Waals surface area (Å²) in [5.41, 5.74) is 2.73. The number of carbonyl (C=O) groups is 1. The molecule has 1 aromatic carbocycles. The van der Waals surface area contributed by atoms with Gasteiger partial charge >= 0.3 is 0 Å². The molecule has 0 aliphatic heterocycles. The van der Waals surface area contributed by atoms with Crippen molar-refractivity contribution in [2.75, 3.05) is 0 Å². The van der Waals surface area contributed by atoms with E-state index in [1.54, 1.807) is 6.07 Å². The lowest BCUT2D eigenvalue weighted by Gasteiger charge is -1.99. The van der Waals surface area contributed by atoms with Crippen molar-refractivity contribution in [1.29, 1.82) is 0 Å². The van der Waals surface area contributed by atoms with Gasteiger partial charge in [0.1, 0.15) is 5.82 Å². The Balaban J connectivity index is 2.48. The molecule has 0 amide bonds. The predicted octanol–water partition coefficient (Wildman–Crippen LogP) is 2.92. The molecule has 0 unspecified atom stereocenters. The Morgan fingerprint density at radius 2 is 2.21 bits per heavy atom. The molecule has 0 saturated heterocycles. The fraction of sp³-hybridized carbons (Fsp3) is 0.182. The number of fused-ring (bicyclic) bond motifs is 1. The van der Waals surface area contributed by atoms with Gasteiger partial charge in [-0.05, 0) is 53.3 Å². The summed E-state index contributed by atoms with van der Waals surface area (Å²) in [7, 11) is 0. The van der Waals surface area contributed by atoms with E-state index in [-0.39, 0.29) is 5.82 Å². The van der Waals surface area contributed by atoms with Gasteiger partial charge in [-0.15, -0.1) is 0 Å². The lowest BCUT2D eigenvalue weighted by molar-refractivity contribution is -0.107. The third kappa shape index (κ3) is 1.70. The monoisotopic (exact) mass is 210 g/mol. The molecule has 3 heteroatoms. The molecular weight excluding hydrogens is 203 g/mol. The summed E-state index contributed by atoms with van der Waals surface area (Å²) in [5.74, 6) is -0.279. The van der Waals surface area contributed by atoms with Gasteiger partial charge in [-0.25, -0.2) is 4.39 Å². The van der Waals surface area contributed by atoms with Crippen LogP contribution in [0.25, 0.3) is 5.57 Å². The summed E-state index contributed by atoms with van der Waals surface area (Å²) in [4.78, 5) is 10.7. The van der Waals surface area contributed by atoms with Crippen molar-refractivity contribution in [3.8, 4) is 0 Å². The zero-order valence-corrected chi connectivity index (χ0v) is 8.14. The van der Waals surface area contributed by atoms with Crippen molar-refractivity contribution < 1.29 is 9.18 Å². The molecule has 0 spiro atoms. The highest BCUT2D eigenvalue weighted by Gasteiger charge is 2.17. The number of aryl methyl sites for hydroxylation is 1. The summed E-state index contributed by atoms with van der Waals surface area (Å²) < 4.78 is 12.9. The number of carbonyl (C=O) groups excluding carboxylic acids is 1. The molecule has 0 N–H and O–H groups in total. The van der Waals surface area contributed by atoms with E-state index in [1.165, 1.54) is 18.2 Å². The average molecular weight is 211 g/mol. The van der Waals surface area contributed by atoms with Crippen LogP contribution in [0.4, 0.5) is 4.39 Å². The molecule has 1 aromatic rings. The van der Waals surface area contributed by atoms with Crippen LogP contribution < -0.4 is 0 Å². The van der Waals surface area contributed by atoms with Gasteiger partial charge in [-0.2, -0.15) is 0 Å². The van der Waals surface area contributed by atoms with E-state index in [0.717, 1.165) is 29.5 Å². The van der Waals surface area contributed by atoms with Crippen molar-refractivity contribution in [3.63, 3.8) is 0 Å². The lowest BCUT2D eigenvalue weighted by atomic mass is 10.1. The maximum atomic E-state index is 12.9. The summed E-state index contributed by atoms with van der Waals surface area (Å²) in [6, 6.07) is 4.64. The fourth-order valence-electron chi connectivity index (χ4n) is 1.76. The van der Waals surface area contributed by atoms with Crippen molar-refractivity contribution in [1.82, 2.24) is 0 Å². The van der Waals surface area contributed by atoms with Gasteiger partial charge < -0.3 is 0 Å². The van der Waals surface area contributed by atoms with Crippen molar-refractivity contribution >= 4 is 22.4 Å². The van der Waals surface area contributed by atoms with Crippen molar-refractivity contribution in [2.45, 2.75) is 12.8 Å².